The summed E-state index contributed by atoms with van der Waals surface area (Å²) in [5.74, 6) is 0.640. The molecule has 0 atom stereocenters. The fraction of sp³-hybridized carbons (Fsp3) is 0.471. The SMILES string of the molecule is CC(C)Cc1csc2c(C#N)cc(C(C)(C)C)cc12. The number of nitriles is 1. The Hall–Kier alpha value is -1.33. The number of hydrogen-bond acceptors (Lipinski definition) is 2. The van der Waals surface area contributed by atoms with Gasteiger partial charge in [0, 0.05) is 0 Å². The third-order valence-electron chi connectivity index (χ3n) is 3.37. The van der Waals surface area contributed by atoms with Gasteiger partial charge in [-0.05, 0) is 51.8 Å². The molecule has 1 nitrogen and oxygen atoms in total. The first-order valence-electron chi connectivity index (χ1n) is 6.77. The molecule has 0 radical (unpaired) electrons. The summed E-state index contributed by atoms with van der Waals surface area (Å²) in [6.45, 7) is 11.1. The number of thiophene rings is 1. The van der Waals surface area contributed by atoms with Crippen molar-refractivity contribution in [2.75, 3.05) is 0 Å². The summed E-state index contributed by atoms with van der Waals surface area (Å²) in [5.41, 5.74) is 3.54. The van der Waals surface area contributed by atoms with Crippen molar-refractivity contribution < 1.29 is 0 Å². The van der Waals surface area contributed by atoms with Gasteiger partial charge in [-0.2, -0.15) is 5.26 Å². The molecule has 19 heavy (non-hydrogen) atoms. The molecule has 0 unspecified atom stereocenters. The molecular formula is C17H21NS. The molecule has 2 rings (SSSR count). The zero-order chi connectivity index (χ0) is 14.2. The number of fused-ring (bicyclic) bond motifs is 1. The molecule has 0 bridgehead atoms. The Kier molecular flexibility index (Phi) is 3.69. The highest BCUT2D eigenvalue weighted by Crippen LogP contribution is 2.35. The third kappa shape index (κ3) is 2.82. The van der Waals surface area contributed by atoms with E-state index in [0.717, 1.165) is 16.7 Å². The maximum atomic E-state index is 9.37. The van der Waals surface area contributed by atoms with Crippen molar-refractivity contribution in [3.8, 4) is 6.07 Å². The lowest BCUT2D eigenvalue weighted by Crippen LogP contribution is -2.11. The molecule has 0 spiro atoms. The molecule has 0 aliphatic carbocycles. The van der Waals surface area contributed by atoms with E-state index in [1.807, 2.05) is 0 Å². The van der Waals surface area contributed by atoms with Gasteiger partial charge in [-0.25, -0.2) is 0 Å². The third-order valence-corrected chi connectivity index (χ3v) is 4.45. The summed E-state index contributed by atoms with van der Waals surface area (Å²) in [6, 6.07) is 6.70. The molecule has 1 aromatic carbocycles. The van der Waals surface area contributed by atoms with E-state index >= 15 is 0 Å². The van der Waals surface area contributed by atoms with E-state index < -0.39 is 0 Å². The Bertz CT molecular complexity index is 636. The van der Waals surface area contributed by atoms with Crippen molar-refractivity contribution >= 4 is 21.4 Å². The summed E-state index contributed by atoms with van der Waals surface area (Å²) in [6.07, 6.45) is 1.08. The summed E-state index contributed by atoms with van der Waals surface area (Å²) in [4.78, 5) is 0. The molecule has 0 saturated heterocycles. The van der Waals surface area contributed by atoms with Gasteiger partial charge in [0.1, 0.15) is 6.07 Å². The van der Waals surface area contributed by atoms with Crippen LogP contribution in [0.4, 0.5) is 0 Å². The molecular weight excluding hydrogens is 250 g/mol. The van der Waals surface area contributed by atoms with Gasteiger partial charge in [0.15, 0.2) is 0 Å². The molecule has 2 heteroatoms. The Labute approximate surface area is 119 Å². The van der Waals surface area contributed by atoms with Gasteiger partial charge < -0.3 is 0 Å². The van der Waals surface area contributed by atoms with Gasteiger partial charge in [0.2, 0.25) is 0 Å². The van der Waals surface area contributed by atoms with Gasteiger partial charge in [0.05, 0.1) is 10.3 Å². The summed E-state index contributed by atoms with van der Waals surface area (Å²) < 4.78 is 1.14. The maximum Gasteiger partial charge on any atom is 0.101 e. The van der Waals surface area contributed by atoms with E-state index in [-0.39, 0.29) is 5.41 Å². The Morgan fingerprint density at radius 3 is 2.47 bits per heavy atom. The minimum Gasteiger partial charge on any atom is -0.192 e. The van der Waals surface area contributed by atoms with E-state index in [1.54, 1.807) is 11.3 Å². The molecule has 0 fully saturated rings. The lowest BCUT2D eigenvalue weighted by molar-refractivity contribution is 0.591. The fourth-order valence-corrected chi connectivity index (χ4v) is 3.33. The minimum atomic E-state index is 0.0802. The largest absolute Gasteiger partial charge is 0.192 e. The molecule has 0 aliphatic rings. The molecule has 2 aromatic rings. The Morgan fingerprint density at radius 2 is 1.95 bits per heavy atom. The Morgan fingerprint density at radius 1 is 1.26 bits per heavy atom. The number of hydrogen-bond donors (Lipinski definition) is 0. The van der Waals surface area contributed by atoms with Gasteiger partial charge in [-0.3, -0.25) is 0 Å². The number of benzene rings is 1. The molecule has 0 aliphatic heterocycles. The van der Waals surface area contributed by atoms with E-state index in [4.69, 9.17) is 0 Å². The topological polar surface area (TPSA) is 23.8 Å². The van der Waals surface area contributed by atoms with Gasteiger partial charge in [-0.1, -0.05) is 34.6 Å². The molecule has 0 N–H and O–H groups in total. The fourth-order valence-electron chi connectivity index (χ4n) is 2.30. The van der Waals surface area contributed by atoms with Crippen molar-refractivity contribution in [3.05, 3.63) is 34.2 Å². The standard InChI is InChI=1S/C17H21NS/c1-11(2)6-13-10-19-16-12(9-18)7-14(8-15(13)16)17(3,4)5/h7-8,10-11H,6H2,1-5H3. The average molecular weight is 271 g/mol. The predicted octanol–water partition coefficient (Wildman–Crippen LogP) is 5.27. The van der Waals surface area contributed by atoms with Crippen molar-refractivity contribution in [1.82, 2.24) is 0 Å². The highest BCUT2D eigenvalue weighted by Gasteiger charge is 2.18. The van der Waals surface area contributed by atoms with Crippen molar-refractivity contribution in [3.63, 3.8) is 0 Å². The first kappa shape index (κ1) is 14.1. The Balaban J connectivity index is 2.68. The molecule has 100 valence electrons. The highest BCUT2D eigenvalue weighted by atomic mass is 32.1. The van der Waals surface area contributed by atoms with Crippen LogP contribution in [0.2, 0.25) is 0 Å². The number of rotatable bonds is 2. The van der Waals surface area contributed by atoms with E-state index in [1.165, 1.54) is 16.5 Å². The second-order valence-corrected chi connectivity index (χ2v) is 7.50. The van der Waals surface area contributed by atoms with Gasteiger partial charge in [0.25, 0.3) is 0 Å². The quantitative estimate of drug-likeness (QED) is 0.730. The second kappa shape index (κ2) is 4.98. The first-order chi connectivity index (χ1) is 8.82. The number of nitrogens with zero attached hydrogens (tertiary/aromatic N) is 1. The summed E-state index contributed by atoms with van der Waals surface area (Å²) in [7, 11) is 0. The van der Waals surface area contributed by atoms with Crippen LogP contribution in [0.5, 0.6) is 0 Å². The smallest absolute Gasteiger partial charge is 0.101 e. The monoisotopic (exact) mass is 271 g/mol. The van der Waals surface area contributed by atoms with Crippen LogP contribution >= 0.6 is 11.3 Å². The van der Waals surface area contributed by atoms with Crippen molar-refractivity contribution in [2.24, 2.45) is 5.92 Å². The van der Waals surface area contributed by atoms with Crippen molar-refractivity contribution in [1.29, 1.82) is 5.26 Å². The normalized spacial score (nSPS) is 12.1. The minimum absolute atomic E-state index is 0.0802. The highest BCUT2D eigenvalue weighted by molar-refractivity contribution is 7.17. The molecule has 0 amide bonds. The van der Waals surface area contributed by atoms with Gasteiger partial charge >= 0.3 is 0 Å². The van der Waals surface area contributed by atoms with Crippen molar-refractivity contribution in [2.45, 2.75) is 46.5 Å². The zero-order valence-electron chi connectivity index (χ0n) is 12.4. The van der Waals surface area contributed by atoms with Crippen LogP contribution in [-0.2, 0) is 11.8 Å². The van der Waals surface area contributed by atoms with Crippen LogP contribution in [-0.4, -0.2) is 0 Å². The van der Waals surface area contributed by atoms with E-state index in [0.29, 0.717) is 5.92 Å². The van der Waals surface area contributed by atoms with Crippen LogP contribution < -0.4 is 0 Å². The second-order valence-electron chi connectivity index (χ2n) is 6.62. The van der Waals surface area contributed by atoms with E-state index in [9.17, 15) is 5.26 Å². The maximum absolute atomic E-state index is 9.37. The van der Waals surface area contributed by atoms with Crippen LogP contribution in [0.3, 0.4) is 0 Å². The van der Waals surface area contributed by atoms with Gasteiger partial charge in [-0.15, -0.1) is 11.3 Å². The molecule has 0 saturated carbocycles. The van der Waals surface area contributed by atoms with Crippen LogP contribution in [0, 0.1) is 17.2 Å². The van der Waals surface area contributed by atoms with Crippen LogP contribution in [0.15, 0.2) is 17.5 Å². The molecule has 1 heterocycles. The lowest BCUT2D eigenvalue weighted by atomic mass is 9.85. The molecule has 1 aromatic heterocycles. The summed E-state index contributed by atoms with van der Waals surface area (Å²) >= 11 is 1.70. The zero-order valence-corrected chi connectivity index (χ0v) is 13.2. The van der Waals surface area contributed by atoms with Crippen LogP contribution in [0.1, 0.15) is 51.3 Å². The average Bonchev–Trinajstić information content (AvgIpc) is 2.69. The first-order valence-corrected chi connectivity index (χ1v) is 7.65. The predicted molar refractivity (Wildman–Crippen MR) is 83.8 cm³/mol. The van der Waals surface area contributed by atoms with E-state index in [2.05, 4.69) is 58.2 Å². The summed E-state index contributed by atoms with van der Waals surface area (Å²) in [5, 5.41) is 12.9. The lowest BCUT2D eigenvalue weighted by Gasteiger charge is -2.20. The van der Waals surface area contributed by atoms with Crippen LogP contribution in [0.25, 0.3) is 10.1 Å².